The molecule has 0 amide bonds. The molecule has 0 spiro atoms. The van der Waals surface area contributed by atoms with Crippen molar-refractivity contribution in [3.63, 3.8) is 0 Å². The first-order valence-corrected chi connectivity index (χ1v) is 6.82. The summed E-state index contributed by atoms with van der Waals surface area (Å²) < 4.78 is 5.41. The minimum Gasteiger partial charge on any atom is -0.407 e. The van der Waals surface area contributed by atoms with Crippen molar-refractivity contribution in [2.45, 2.75) is 44.9 Å². The van der Waals surface area contributed by atoms with E-state index in [1.165, 1.54) is 25.7 Å². The van der Waals surface area contributed by atoms with Gasteiger partial charge in [0.25, 0.3) is 0 Å². The van der Waals surface area contributed by atoms with Gasteiger partial charge < -0.3 is 9.73 Å². The van der Waals surface area contributed by atoms with Crippen LogP contribution in [0.15, 0.2) is 4.42 Å². The molecule has 2 rings (SSSR count). The topological polar surface area (TPSA) is 51.0 Å². The highest BCUT2D eigenvalue weighted by atomic mass is 35.5. The summed E-state index contributed by atoms with van der Waals surface area (Å²) in [5.41, 5.74) is 0. The predicted molar refractivity (Wildman–Crippen MR) is 68.2 cm³/mol. The summed E-state index contributed by atoms with van der Waals surface area (Å²) in [7, 11) is 0. The monoisotopic (exact) mass is 257 g/mol. The van der Waals surface area contributed by atoms with Gasteiger partial charge in [-0.15, -0.1) is 16.7 Å². The van der Waals surface area contributed by atoms with Gasteiger partial charge in [0.2, 0.25) is 5.89 Å². The second-order valence-corrected chi connectivity index (χ2v) is 5.62. The summed E-state index contributed by atoms with van der Waals surface area (Å²) in [6.45, 7) is 5.06. The van der Waals surface area contributed by atoms with Crippen molar-refractivity contribution < 1.29 is 4.42 Å². The zero-order valence-corrected chi connectivity index (χ0v) is 11.2. The Balaban J connectivity index is 1.84. The third kappa shape index (κ3) is 3.35. The molecule has 1 fully saturated rings. The number of rotatable bonds is 4. The normalized spacial score (nSPS) is 26.8. The summed E-state index contributed by atoms with van der Waals surface area (Å²) in [6, 6.07) is 0.491. The van der Waals surface area contributed by atoms with E-state index in [1.807, 2.05) is 6.92 Å². The molecule has 3 unspecified atom stereocenters. The van der Waals surface area contributed by atoms with E-state index in [2.05, 4.69) is 22.4 Å². The third-order valence-electron chi connectivity index (χ3n) is 3.59. The maximum absolute atomic E-state index is 5.86. The van der Waals surface area contributed by atoms with Crippen LogP contribution in [0.25, 0.3) is 0 Å². The Kier molecular flexibility index (Phi) is 4.26. The Morgan fingerprint density at radius 1 is 1.41 bits per heavy atom. The lowest BCUT2D eigenvalue weighted by molar-refractivity contribution is 0.267. The van der Waals surface area contributed by atoms with Crippen LogP contribution < -0.4 is 5.32 Å². The van der Waals surface area contributed by atoms with Crippen LogP contribution in [0.2, 0.25) is 0 Å². The van der Waals surface area contributed by atoms with Crippen molar-refractivity contribution in [1.29, 1.82) is 0 Å². The first-order chi connectivity index (χ1) is 8.16. The molecule has 0 bridgehead atoms. The smallest absolute Gasteiger partial charge is 0.315 e. The molecule has 17 heavy (non-hydrogen) atoms. The predicted octanol–water partition coefficient (Wildman–Crippen LogP) is 3.61. The first-order valence-electron chi connectivity index (χ1n) is 6.38. The van der Waals surface area contributed by atoms with Gasteiger partial charge in [-0.05, 0) is 25.2 Å². The van der Waals surface area contributed by atoms with Gasteiger partial charge in [-0.3, -0.25) is 0 Å². The maximum Gasteiger partial charge on any atom is 0.315 e. The number of hydrogen-bond acceptors (Lipinski definition) is 4. The fourth-order valence-electron chi connectivity index (χ4n) is 2.38. The van der Waals surface area contributed by atoms with Crippen molar-refractivity contribution in [1.82, 2.24) is 10.2 Å². The molecule has 0 aromatic carbocycles. The highest BCUT2D eigenvalue weighted by Gasteiger charge is 2.21. The Labute approximate surface area is 107 Å². The Hall–Kier alpha value is -0.770. The molecule has 5 heteroatoms. The largest absolute Gasteiger partial charge is 0.407 e. The quantitative estimate of drug-likeness (QED) is 0.838. The van der Waals surface area contributed by atoms with Gasteiger partial charge in [0.1, 0.15) is 5.38 Å². The van der Waals surface area contributed by atoms with E-state index < -0.39 is 0 Å². The molecule has 0 saturated heterocycles. The van der Waals surface area contributed by atoms with Crippen LogP contribution in [0.1, 0.15) is 50.8 Å². The number of anilines is 1. The molecule has 3 atom stereocenters. The SMILES string of the molecule is CC(Cl)c1nnc(NCC2CCCCC2C)o1. The average molecular weight is 258 g/mol. The molecule has 4 nitrogen and oxygen atoms in total. The van der Waals surface area contributed by atoms with E-state index >= 15 is 0 Å². The maximum atomic E-state index is 5.86. The van der Waals surface area contributed by atoms with E-state index in [-0.39, 0.29) is 5.38 Å². The molecule has 1 saturated carbocycles. The lowest BCUT2D eigenvalue weighted by Gasteiger charge is -2.28. The molecule has 1 heterocycles. The van der Waals surface area contributed by atoms with E-state index in [0.29, 0.717) is 17.8 Å². The van der Waals surface area contributed by atoms with Crippen molar-refractivity contribution in [2.75, 3.05) is 11.9 Å². The van der Waals surface area contributed by atoms with E-state index in [1.54, 1.807) is 0 Å². The van der Waals surface area contributed by atoms with Crippen molar-refractivity contribution >= 4 is 17.6 Å². The molecule has 1 aliphatic carbocycles. The van der Waals surface area contributed by atoms with E-state index in [0.717, 1.165) is 12.5 Å². The van der Waals surface area contributed by atoms with Crippen LogP contribution in [0.5, 0.6) is 0 Å². The number of hydrogen-bond donors (Lipinski definition) is 1. The Morgan fingerprint density at radius 2 is 2.18 bits per heavy atom. The molecule has 1 N–H and O–H groups in total. The lowest BCUT2D eigenvalue weighted by Crippen LogP contribution is -2.24. The van der Waals surface area contributed by atoms with Gasteiger partial charge >= 0.3 is 6.01 Å². The van der Waals surface area contributed by atoms with E-state index in [9.17, 15) is 0 Å². The van der Waals surface area contributed by atoms with Crippen LogP contribution in [-0.2, 0) is 0 Å². The highest BCUT2D eigenvalue weighted by Crippen LogP contribution is 2.29. The van der Waals surface area contributed by atoms with Gasteiger partial charge in [-0.2, -0.15) is 0 Å². The van der Waals surface area contributed by atoms with Gasteiger partial charge in [-0.25, -0.2) is 0 Å². The van der Waals surface area contributed by atoms with Crippen LogP contribution in [-0.4, -0.2) is 16.7 Å². The summed E-state index contributed by atoms with van der Waals surface area (Å²) in [5.74, 6) is 1.98. The minimum atomic E-state index is -0.230. The number of aromatic nitrogens is 2. The lowest BCUT2D eigenvalue weighted by atomic mass is 9.80. The van der Waals surface area contributed by atoms with Gasteiger partial charge in [-0.1, -0.05) is 31.3 Å². The summed E-state index contributed by atoms with van der Waals surface area (Å²) in [4.78, 5) is 0. The first kappa shape index (κ1) is 12.7. The van der Waals surface area contributed by atoms with Crippen LogP contribution in [0, 0.1) is 11.8 Å². The fraction of sp³-hybridized carbons (Fsp3) is 0.833. The number of nitrogens with zero attached hydrogens (tertiary/aromatic N) is 2. The van der Waals surface area contributed by atoms with Crippen LogP contribution in [0.4, 0.5) is 6.01 Å². The van der Waals surface area contributed by atoms with Crippen molar-refractivity contribution in [3.8, 4) is 0 Å². The van der Waals surface area contributed by atoms with Crippen LogP contribution >= 0.6 is 11.6 Å². The Bertz CT molecular complexity index is 353. The minimum absolute atomic E-state index is 0.230. The standard InChI is InChI=1S/C12H20ClN3O/c1-8-5-3-4-6-10(8)7-14-12-16-15-11(17-12)9(2)13/h8-10H,3-7H2,1-2H3,(H,14,16). The molecular weight excluding hydrogens is 238 g/mol. The Morgan fingerprint density at radius 3 is 2.82 bits per heavy atom. The van der Waals surface area contributed by atoms with Crippen molar-refractivity contribution in [2.24, 2.45) is 11.8 Å². The molecule has 0 aliphatic heterocycles. The summed E-state index contributed by atoms with van der Waals surface area (Å²) in [5, 5.41) is 10.8. The molecule has 1 aliphatic rings. The van der Waals surface area contributed by atoms with Gasteiger partial charge in [0.15, 0.2) is 0 Å². The highest BCUT2D eigenvalue weighted by molar-refractivity contribution is 6.20. The number of alkyl halides is 1. The number of nitrogens with one attached hydrogen (secondary N) is 1. The second kappa shape index (κ2) is 5.71. The third-order valence-corrected chi connectivity index (χ3v) is 3.77. The summed E-state index contributed by atoms with van der Waals surface area (Å²) >= 11 is 5.86. The molecule has 1 aromatic rings. The van der Waals surface area contributed by atoms with E-state index in [4.69, 9.17) is 16.0 Å². The molecule has 1 aromatic heterocycles. The second-order valence-electron chi connectivity index (χ2n) is 4.96. The van der Waals surface area contributed by atoms with Gasteiger partial charge in [0.05, 0.1) is 0 Å². The molecule has 96 valence electrons. The molecule has 0 radical (unpaired) electrons. The molecular formula is C12H20ClN3O. The van der Waals surface area contributed by atoms with Gasteiger partial charge in [0, 0.05) is 6.54 Å². The fourth-order valence-corrected chi connectivity index (χ4v) is 2.47. The van der Waals surface area contributed by atoms with Crippen molar-refractivity contribution in [3.05, 3.63) is 5.89 Å². The zero-order chi connectivity index (χ0) is 12.3. The summed E-state index contributed by atoms with van der Waals surface area (Å²) in [6.07, 6.45) is 5.33. The zero-order valence-electron chi connectivity index (χ0n) is 10.4. The number of halogens is 1. The average Bonchev–Trinajstić information content (AvgIpc) is 2.77. The van der Waals surface area contributed by atoms with Crippen LogP contribution in [0.3, 0.4) is 0 Å².